The van der Waals surface area contributed by atoms with Crippen LogP contribution in [0.15, 0.2) is 202 Å². The maximum Gasteiger partial charge on any atom is 0.330 e. The summed E-state index contributed by atoms with van der Waals surface area (Å²) in [5.41, 5.74) is -7.03. The average molecular weight is 2030 g/mol. The first kappa shape index (κ1) is 133. The molecule has 44 heteroatoms. The summed E-state index contributed by atoms with van der Waals surface area (Å²) < 4.78 is 133. The monoisotopic (exact) mass is 2030 g/mol. The van der Waals surface area contributed by atoms with Gasteiger partial charge in [-0.25, -0.2) is 76.7 Å². The number of rotatable bonds is 86. The topological polar surface area (TPSA) is 555 Å². The van der Waals surface area contributed by atoms with Crippen molar-refractivity contribution in [2.24, 2.45) is 27.1 Å². The lowest BCUT2D eigenvalue weighted by molar-refractivity contribution is -0.175. The van der Waals surface area contributed by atoms with Gasteiger partial charge in [-0.05, 0) is 57.8 Å². The highest BCUT2D eigenvalue weighted by atomic mass is 16.6. The largest absolute Gasteiger partial charge is 0.465 e. The highest BCUT2D eigenvalue weighted by molar-refractivity contribution is 5.87. The van der Waals surface area contributed by atoms with Crippen molar-refractivity contribution in [2.45, 2.75) is 77.0 Å². The standard InChI is InChI=1S/C40H54O17.C34H44O15.C25H36O12/c1-7-31(41)50-21-17-13-15-19-37(47)56-29-39(25-52-33(43)9-3,26-53-34(44)10-4)23-49-24-40(27-54-35(45)11-5,28-55-36(46)12-6)30-57-38(48)20-16-14-18-22-51-32(42)8-2;1-7-26(35)43-17-15-13-14-16-32(41)49-25-34(23-47-30(39)11-5,24-48-31(40)12-6)19-42-18-33(20-44-27(36)8-2,21-45-28(37)9-3)22-46-29(38)10-4;1-5-21(26)34-13-9-30-17-25(18-31-10-14-35-22(27)6-2,19-32-11-15-36-23(28)7-3)20-33-12-16-37-24(29)8-4/h7-12H,1-6,13-30H2;7-12H,1-6,13-25H2;5-8H,1-4,9-20H2. The minimum Gasteiger partial charge on any atom is -0.465 e. The summed E-state index contributed by atoms with van der Waals surface area (Å²) in [5.74, 6) is -13.6. The Morgan fingerprint density at radius 3 is 0.413 bits per heavy atom. The molecule has 0 fully saturated rings. The van der Waals surface area contributed by atoms with E-state index in [1.807, 2.05) is 0 Å². The van der Waals surface area contributed by atoms with Crippen LogP contribution in [-0.2, 0) is 210 Å². The summed E-state index contributed by atoms with van der Waals surface area (Å²) in [7, 11) is 0. The van der Waals surface area contributed by atoms with Gasteiger partial charge in [0.15, 0.2) is 0 Å². The van der Waals surface area contributed by atoms with E-state index in [0.29, 0.717) is 57.8 Å². The molecule has 0 aliphatic rings. The summed E-state index contributed by atoms with van der Waals surface area (Å²) in [4.78, 5) is 225. The van der Waals surface area contributed by atoms with Crippen molar-refractivity contribution < 1.29 is 210 Å². The molecule has 0 heterocycles. The number of hydrogen-bond donors (Lipinski definition) is 0. The van der Waals surface area contributed by atoms with E-state index in [-0.39, 0.29) is 118 Å². The molecule has 0 aromatic carbocycles. The van der Waals surface area contributed by atoms with Gasteiger partial charge in [0.25, 0.3) is 0 Å². The molecule has 143 heavy (non-hydrogen) atoms. The second kappa shape index (κ2) is 83.3. The Hall–Kier alpha value is -14.5. The molecule has 0 amide bonds. The lowest BCUT2D eigenvalue weighted by Crippen LogP contribution is -2.47. The molecule has 0 aromatic rings. The number of unbranched alkanes of at least 4 members (excludes halogenated alkanes) is 6. The highest BCUT2D eigenvalue weighted by Crippen LogP contribution is 2.30. The Labute approximate surface area is 830 Å². The van der Waals surface area contributed by atoms with E-state index in [1.54, 1.807) is 0 Å². The molecule has 0 aliphatic heterocycles. The second-order valence-electron chi connectivity index (χ2n) is 30.0. The van der Waals surface area contributed by atoms with Crippen molar-refractivity contribution in [1.29, 1.82) is 0 Å². The fourth-order valence-electron chi connectivity index (χ4n) is 10.2. The first-order valence-corrected chi connectivity index (χ1v) is 44.0. The molecule has 794 valence electrons. The van der Waals surface area contributed by atoms with Crippen LogP contribution in [0, 0.1) is 27.1 Å². The third kappa shape index (κ3) is 70.8. The summed E-state index contributed by atoms with van der Waals surface area (Å²) in [5, 5.41) is 0. The van der Waals surface area contributed by atoms with Crippen LogP contribution in [-0.4, -0.2) is 318 Å². The van der Waals surface area contributed by atoms with Crippen LogP contribution in [0.1, 0.15) is 77.0 Å². The minimum atomic E-state index is -1.55. The normalized spacial score (nSPS) is 10.6. The first-order chi connectivity index (χ1) is 68.4. The summed E-state index contributed by atoms with van der Waals surface area (Å²) in [6.07, 6.45) is 19.4. The third-order valence-corrected chi connectivity index (χ3v) is 17.9. The predicted octanol–water partition coefficient (Wildman–Crippen LogP) is 6.97. The quantitative estimate of drug-likeness (QED) is 0.0257. The molecule has 44 nitrogen and oxygen atoms in total. The van der Waals surface area contributed by atoms with Crippen molar-refractivity contribution >= 4 is 113 Å². The zero-order valence-corrected chi connectivity index (χ0v) is 80.9. The molecular formula is C99H134O44. The zero-order chi connectivity index (χ0) is 108. The van der Waals surface area contributed by atoms with Crippen LogP contribution in [0.3, 0.4) is 0 Å². The summed E-state index contributed by atoms with van der Waals surface area (Å²) >= 11 is 0. The molecule has 0 N–H and O–H groups in total. The van der Waals surface area contributed by atoms with Crippen molar-refractivity contribution in [3.05, 3.63) is 202 Å². The highest BCUT2D eigenvalue weighted by Gasteiger charge is 2.44. The van der Waals surface area contributed by atoms with E-state index in [9.17, 15) is 91.1 Å². The van der Waals surface area contributed by atoms with Gasteiger partial charge in [-0.3, -0.25) is 14.4 Å². The molecule has 0 atom stereocenters. The molecule has 0 spiro atoms. The van der Waals surface area contributed by atoms with Crippen LogP contribution in [0.25, 0.3) is 0 Å². The molecule has 0 rings (SSSR count). The molecule has 0 saturated heterocycles. The van der Waals surface area contributed by atoms with Gasteiger partial charge >= 0.3 is 113 Å². The van der Waals surface area contributed by atoms with Crippen LogP contribution >= 0.6 is 0 Å². The number of carbonyl (C=O) groups excluding carboxylic acids is 19. The molecule has 0 bridgehead atoms. The van der Waals surface area contributed by atoms with E-state index in [2.05, 4.69) is 105 Å². The fraction of sp³-hybridized carbons (Fsp3) is 0.485. The van der Waals surface area contributed by atoms with Crippen molar-refractivity contribution in [2.75, 3.05) is 205 Å². The van der Waals surface area contributed by atoms with Crippen LogP contribution < -0.4 is 0 Å². The molecule has 0 aromatic heterocycles. The predicted molar refractivity (Wildman–Crippen MR) is 504 cm³/mol. The van der Waals surface area contributed by atoms with E-state index in [0.717, 1.165) is 97.2 Å². The van der Waals surface area contributed by atoms with Crippen LogP contribution in [0.2, 0.25) is 0 Å². The van der Waals surface area contributed by atoms with E-state index < -0.39 is 246 Å². The van der Waals surface area contributed by atoms with Gasteiger partial charge in [0.05, 0.1) is 126 Å². The van der Waals surface area contributed by atoms with Gasteiger partial charge in [-0.2, -0.15) is 0 Å². The Balaban J connectivity index is -0.00000210. The number of ether oxygens (including phenoxy) is 25. The fourth-order valence-corrected chi connectivity index (χ4v) is 10.2. The van der Waals surface area contributed by atoms with Crippen LogP contribution in [0.4, 0.5) is 0 Å². The number of hydrogen-bond acceptors (Lipinski definition) is 44. The van der Waals surface area contributed by atoms with E-state index >= 15 is 0 Å². The van der Waals surface area contributed by atoms with Gasteiger partial charge in [0, 0.05) is 116 Å². The van der Waals surface area contributed by atoms with Crippen molar-refractivity contribution in [3.63, 3.8) is 0 Å². The van der Waals surface area contributed by atoms with Gasteiger partial charge in [-0.15, -0.1) is 0 Å². The van der Waals surface area contributed by atoms with Crippen LogP contribution in [0.5, 0.6) is 0 Å². The number of esters is 19. The van der Waals surface area contributed by atoms with E-state index in [4.69, 9.17) is 118 Å². The van der Waals surface area contributed by atoms with E-state index in [1.165, 1.54) is 0 Å². The lowest BCUT2D eigenvalue weighted by Gasteiger charge is -2.35. The number of carbonyl (C=O) groups is 19. The molecular weight excluding hydrogens is 1890 g/mol. The Morgan fingerprint density at radius 1 is 0.133 bits per heavy atom. The van der Waals surface area contributed by atoms with Gasteiger partial charge < -0.3 is 118 Å². The third-order valence-electron chi connectivity index (χ3n) is 17.9. The Kier molecular flexibility index (Phi) is 77.3. The SMILES string of the molecule is C=CC(=O)OCCCCCC(=O)OCC(COCC(COC(=O)C=C)(COC(=O)C=C)COC(=O)C=C)(COC(=O)C=C)COC(=O)C=C.C=CC(=O)OCCCCCC(=O)OCC(COCC(COC(=O)C=C)(COC(=O)C=C)COC(=O)CCCCCOC(=O)C=C)(COC(=O)C=C)COC(=O)C=C.C=CC(=O)OCCOCC(COCCOC(=O)C=C)(COCCOC(=O)C=C)COCCOC(=O)C=C. The Bertz CT molecular complexity index is 3820. The molecule has 0 saturated carbocycles. The molecule has 0 radical (unpaired) electrons. The van der Waals surface area contributed by atoms with Gasteiger partial charge in [-0.1, -0.05) is 105 Å². The van der Waals surface area contributed by atoms with Gasteiger partial charge in [0.2, 0.25) is 0 Å². The smallest absolute Gasteiger partial charge is 0.330 e. The zero-order valence-electron chi connectivity index (χ0n) is 80.9. The summed E-state index contributed by atoms with van der Waals surface area (Å²) in [6, 6.07) is 0. The van der Waals surface area contributed by atoms with Crippen molar-refractivity contribution in [1.82, 2.24) is 0 Å². The van der Waals surface area contributed by atoms with Gasteiger partial charge in [0.1, 0.15) is 106 Å². The second-order valence-corrected chi connectivity index (χ2v) is 30.0. The lowest BCUT2D eigenvalue weighted by atomic mass is 9.90. The first-order valence-electron chi connectivity index (χ1n) is 44.0. The molecule has 0 aliphatic carbocycles. The maximum absolute atomic E-state index is 12.8. The Morgan fingerprint density at radius 2 is 0.259 bits per heavy atom. The molecule has 0 unspecified atom stereocenters. The maximum atomic E-state index is 12.8. The van der Waals surface area contributed by atoms with Crippen molar-refractivity contribution in [3.8, 4) is 0 Å². The average Bonchev–Trinajstić information content (AvgIpc) is 0.788. The minimum absolute atomic E-state index is 0.00395. The summed E-state index contributed by atoms with van der Waals surface area (Å²) in [6.45, 7) is 46.4.